The van der Waals surface area contributed by atoms with Gasteiger partial charge < -0.3 is 15.8 Å². The molecule has 0 radical (unpaired) electrons. The number of hydrogen-bond acceptors (Lipinski definition) is 4. The molecule has 2 heterocycles. The van der Waals surface area contributed by atoms with Gasteiger partial charge in [-0.25, -0.2) is 0 Å². The predicted octanol–water partition coefficient (Wildman–Crippen LogP) is 3.06. The third-order valence-corrected chi connectivity index (χ3v) is 3.93. The largest absolute Gasteiger partial charge is 0.493 e. The molecule has 0 aliphatic carbocycles. The number of anilines is 2. The van der Waals surface area contributed by atoms with Crippen LogP contribution in [0.5, 0.6) is 5.75 Å². The van der Waals surface area contributed by atoms with E-state index in [9.17, 15) is 0 Å². The van der Waals surface area contributed by atoms with Gasteiger partial charge in [0.15, 0.2) is 0 Å². The van der Waals surface area contributed by atoms with Gasteiger partial charge in [0.05, 0.1) is 24.0 Å². The molecule has 3 N–H and O–H groups in total. The van der Waals surface area contributed by atoms with Crippen molar-refractivity contribution < 1.29 is 4.74 Å². The Labute approximate surface area is 125 Å². The maximum absolute atomic E-state index is 6.27. The lowest BCUT2D eigenvalue weighted by atomic mass is 10.0. The van der Waals surface area contributed by atoms with Crippen molar-refractivity contribution in [2.45, 2.75) is 32.2 Å². The third-order valence-electron chi connectivity index (χ3n) is 3.93. The van der Waals surface area contributed by atoms with E-state index >= 15 is 0 Å². The van der Waals surface area contributed by atoms with Gasteiger partial charge in [-0.15, -0.1) is 0 Å². The SMILES string of the molecule is CC(C)c1nn(C)c(NC2CCOc3ccccc32)c1N. The topological polar surface area (TPSA) is 65.1 Å². The molecule has 5 nitrogen and oxygen atoms in total. The van der Waals surface area contributed by atoms with Gasteiger partial charge in [-0.05, 0) is 12.0 Å². The monoisotopic (exact) mass is 286 g/mol. The smallest absolute Gasteiger partial charge is 0.148 e. The van der Waals surface area contributed by atoms with E-state index in [1.807, 2.05) is 29.9 Å². The van der Waals surface area contributed by atoms with Crippen LogP contribution in [0.2, 0.25) is 0 Å². The number of benzene rings is 1. The molecule has 0 spiro atoms. The fourth-order valence-electron chi connectivity index (χ4n) is 2.82. The van der Waals surface area contributed by atoms with Crippen LogP contribution < -0.4 is 15.8 Å². The molecule has 1 aromatic heterocycles. The fraction of sp³-hybridized carbons (Fsp3) is 0.438. The first-order chi connectivity index (χ1) is 10.1. The number of rotatable bonds is 3. The average Bonchev–Trinajstić information content (AvgIpc) is 2.76. The van der Waals surface area contributed by atoms with Crippen LogP contribution in [-0.4, -0.2) is 16.4 Å². The molecule has 0 bridgehead atoms. The number of ether oxygens (including phenoxy) is 1. The van der Waals surface area contributed by atoms with Crippen molar-refractivity contribution in [1.82, 2.24) is 9.78 Å². The molecule has 1 aliphatic heterocycles. The molecule has 112 valence electrons. The lowest BCUT2D eigenvalue weighted by Crippen LogP contribution is -2.21. The van der Waals surface area contributed by atoms with E-state index in [4.69, 9.17) is 10.5 Å². The van der Waals surface area contributed by atoms with Gasteiger partial charge in [0.2, 0.25) is 0 Å². The van der Waals surface area contributed by atoms with E-state index < -0.39 is 0 Å². The predicted molar refractivity (Wildman–Crippen MR) is 84.6 cm³/mol. The number of hydrogen-bond donors (Lipinski definition) is 2. The van der Waals surface area contributed by atoms with Crippen LogP contribution in [0, 0.1) is 0 Å². The fourth-order valence-corrected chi connectivity index (χ4v) is 2.82. The van der Waals surface area contributed by atoms with Crippen LogP contribution in [0.25, 0.3) is 0 Å². The summed E-state index contributed by atoms with van der Waals surface area (Å²) in [6.07, 6.45) is 0.915. The van der Waals surface area contributed by atoms with Gasteiger partial charge in [-0.2, -0.15) is 5.10 Å². The Morgan fingerprint density at radius 1 is 1.38 bits per heavy atom. The summed E-state index contributed by atoms with van der Waals surface area (Å²) in [6.45, 7) is 4.92. The average molecular weight is 286 g/mol. The minimum Gasteiger partial charge on any atom is -0.493 e. The Balaban J connectivity index is 1.92. The quantitative estimate of drug-likeness (QED) is 0.910. The third kappa shape index (κ3) is 2.44. The molecule has 1 atom stereocenters. The number of fused-ring (bicyclic) bond motifs is 1. The Bertz CT molecular complexity index is 648. The maximum atomic E-state index is 6.27. The molecule has 0 saturated carbocycles. The number of nitrogens with two attached hydrogens (primary N) is 1. The van der Waals surface area contributed by atoms with Crippen LogP contribution in [0.4, 0.5) is 11.5 Å². The molecule has 5 heteroatoms. The van der Waals surface area contributed by atoms with Gasteiger partial charge in [-0.1, -0.05) is 32.0 Å². The molecule has 3 rings (SSSR count). The molecule has 0 saturated heterocycles. The molecule has 1 aromatic carbocycles. The van der Waals surface area contributed by atoms with Crippen LogP contribution in [0.1, 0.15) is 43.5 Å². The van der Waals surface area contributed by atoms with E-state index in [0.717, 1.165) is 29.4 Å². The Hall–Kier alpha value is -2.17. The Kier molecular flexibility index (Phi) is 3.49. The second-order valence-corrected chi connectivity index (χ2v) is 5.80. The summed E-state index contributed by atoms with van der Waals surface area (Å²) >= 11 is 0. The zero-order valence-corrected chi connectivity index (χ0v) is 12.8. The molecule has 1 aliphatic rings. The van der Waals surface area contributed by atoms with Crippen molar-refractivity contribution in [3.63, 3.8) is 0 Å². The van der Waals surface area contributed by atoms with Gasteiger partial charge in [-0.3, -0.25) is 4.68 Å². The van der Waals surface area contributed by atoms with E-state index in [1.54, 1.807) is 0 Å². The summed E-state index contributed by atoms with van der Waals surface area (Å²) in [5.41, 5.74) is 9.13. The highest BCUT2D eigenvalue weighted by Gasteiger charge is 2.24. The van der Waals surface area contributed by atoms with Crippen molar-refractivity contribution in [2.75, 3.05) is 17.7 Å². The minimum atomic E-state index is 0.202. The van der Waals surface area contributed by atoms with Crippen molar-refractivity contribution in [1.29, 1.82) is 0 Å². The molecule has 0 fully saturated rings. The van der Waals surface area contributed by atoms with E-state index in [0.29, 0.717) is 12.5 Å². The van der Waals surface area contributed by atoms with Gasteiger partial charge in [0, 0.05) is 19.0 Å². The number of nitrogens with zero attached hydrogens (tertiary/aromatic N) is 2. The van der Waals surface area contributed by atoms with E-state index in [1.165, 1.54) is 5.56 Å². The van der Waals surface area contributed by atoms with Crippen LogP contribution >= 0.6 is 0 Å². The number of para-hydroxylation sites is 1. The zero-order valence-electron chi connectivity index (χ0n) is 12.8. The van der Waals surface area contributed by atoms with Gasteiger partial charge in [0.1, 0.15) is 11.6 Å². The van der Waals surface area contributed by atoms with Crippen molar-refractivity contribution in [3.05, 3.63) is 35.5 Å². The summed E-state index contributed by atoms with van der Waals surface area (Å²) in [7, 11) is 1.93. The van der Waals surface area contributed by atoms with Gasteiger partial charge in [0.25, 0.3) is 0 Å². The first kappa shape index (κ1) is 13.8. The summed E-state index contributed by atoms with van der Waals surface area (Å²) in [6, 6.07) is 8.34. The van der Waals surface area contributed by atoms with Crippen LogP contribution in [0.15, 0.2) is 24.3 Å². The summed E-state index contributed by atoms with van der Waals surface area (Å²) in [5, 5.41) is 8.07. The molecule has 2 aromatic rings. The first-order valence-electron chi connectivity index (χ1n) is 7.38. The normalized spacial score (nSPS) is 17.4. The van der Waals surface area contributed by atoms with Crippen LogP contribution in [0.3, 0.4) is 0 Å². The molecule has 21 heavy (non-hydrogen) atoms. The zero-order chi connectivity index (χ0) is 15.0. The second-order valence-electron chi connectivity index (χ2n) is 5.80. The van der Waals surface area contributed by atoms with E-state index in [2.05, 4.69) is 30.3 Å². The summed E-state index contributed by atoms with van der Waals surface area (Å²) in [5.74, 6) is 2.15. The van der Waals surface area contributed by atoms with Crippen LogP contribution in [-0.2, 0) is 7.05 Å². The first-order valence-corrected chi connectivity index (χ1v) is 7.38. The maximum Gasteiger partial charge on any atom is 0.148 e. The van der Waals surface area contributed by atoms with Gasteiger partial charge >= 0.3 is 0 Å². The Morgan fingerprint density at radius 3 is 2.86 bits per heavy atom. The molecular weight excluding hydrogens is 264 g/mol. The molecule has 0 amide bonds. The lowest BCUT2D eigenvalue weighted by Gasteiger charge is -2.27. The van der Waals surface area contributed by atoms with Crippen molar-refractivity contribution >= 4 is 11.5 Å². The van der Waals surface area contributed by atoms with Crippen molar-refractivity contribution in [2.24, 2.45) is 7.05 Å². The number of nitrogen functional groups attached to an aromatic ring is 1. The summed E-state index contributed by atoms with van der Waals surface area (Å²) < 4.78 is 7.54. The number of nitrogens with one attached hydrogen (secondary N) is 1. The van der Waals surface area contributed by atoms with Crippen molar-refractivity contribution in [3.8, 4) is 5.75 Å². The second kappa shape index (κ2) is 5.31. The highest BCUT2D eigenvalue weighted by Crippen LogP contribution is 2.36. The highest BCUT2D eigenvalue weighted by atomic mass is 16.5. The molecule has 1 unspecified atom stereocenters. The summed E-state index contributed by atoms with van der Waals surface area (Å²) in [4.78, 5) is 0. The standard InChI is InChI=1S/C16H22N4O/c1-10(2)15-14(17)16(20(3)19-15)18-12-8-9-21-13-7-5-4-6-11(12)13/h4-7,10,12,18H,8-9,17H2,1-3H3. The molecular formula is C16H22N4O. The van der Waals surface area contributed by atoms with E-state index in [-0.39, 0.29) is 6.04 Å². The lowest BCUT2D eigenvalue weighted by molar-refractivity contribution is 0.274. The number of aromatic nitrogens is 2. The highest BCUT2D eigenvalue weighted by molar-refractivity contribution is 5.66. The minimum absolute atomic E-state index is 0.202. The number of aryl methyl sites for hydroxylation is 1. The Morgan fingerprint density at radius 2 is 2.14 bits per heavy atom.